The molecule has 7 rings (SSSR count). The van der Waals surface area contributed by atoms with Gasteiger partial charge in [0.1, 0.15) is 30.5 Å². The van der Waals surface area contributed by atoms with E-state index in [0.29, 0.717) is 16.7 Å². The molecule has 7 aliphatic rings. The number of ketones is 1. The fraction of sp³-hybridized carbons (Fsp3) is 0.700. The quantitative estimate of drug-likeness (QED) is 0.425. The van der Waals surface area contributed by atoms with Gasteiger partial charge in [-0.3, -0.25) is 4.79 Å². The Bertz CT molecular complexity index is 875. The van der Waals surface area contributed by atoms with Crippen LogP contribution in [0.3, 0.4) is 0 Å². The molecule has 0 aromatic heterocycles. The van der Waals surface area contributed by atoms with Crippen molar-refractivity contribution in [3.63, 3.8) is 0 Å². The minimum atomic E-state index is -1.21. The van der Waals surface area contributed by atoms with Gasteiger partial charge in [0.05, 0.1) is 30.0 Å². The minimum Gasteiger partial charge on any atom is -0.498 e. The summed E-state index contributed by atoms with van der Waals surface area (Å²) in [5, 5.41) is 21.8. The van der Waals surface area contributed by atoms with Gasteiger partial charge in [-0.05, 0) is 20.8 Å². The van der Waals surface area contributed by atoms with Gasteiger partial charge < -0.3 is 29.2 Å². The molecule has 2 bridgehead atoms. The number of aliphatic hydroxyl groups is 2. The van der Waals surface area contributed by atoms with Crippen molar-refractivity contribution in [3.8, 4) is 0 Å². The molecule has 5 aliphatic heterocycles. The molecule has 0 aromatic rings. The number of rotatable bonds is 0. The average Bonchev–Trinajstić information content (AvgIpc) is 3.45. The van der Waals surface area contributed by atoms with Crippen molar-refractivity contribution >= 4 is 11.8 Å². The Morgan fingerprint density at radius 1 is 1.00 bits per heavy atom. The lowest BCUT2D eigenvalue weighted by Crippen LogP contribution is -2.72. The summed E-state index contributed by atoms with van der Waals surface area (Å²) in [7, 11) is 0. The van der Waals surface area contributed by atoms with Crippen LogP contribution in [-0.2, 0) is 28.5 Å². The molecule has 0 radical (unpaired) electrons. The second-order valence-electron chi connectivity index (χ2n) is 8.81. The van der Waals surface area contributed by atoms with Gasteiger partial charge in [-0.15, -0.1) is 0 Å². The van der Waals surface area contributed by atoms with E-state index in [1.165, 1.54) is 6.26 Å². The van der Waals surface area contributed by atoms with Gasteiger partial charge in [0, 0.05) is 28.6 Å². The third-order valence-electron chi connectivity index (χ3n) is 7.60. The highest BCUT2D eigenvalue weighted by molar-refractivity contribution is 6.00. The van der Waals surface area contributed by atoms with Crippen molar-refractivity contribution in [3.05, 3.63) is 23.0 Å². The van der Waals surface area contributed by atoms with E-state index >= 15 is 0 Å². The third-order valence-corrected chi connectivity index (χ3v) is 7.60. The van der Waals surface area contributed by atoms with Crippen LogP contribution in [0.25, 0.3) is 0 Å². The van der Waals surface area contributed by atoms with Crippen LogP contribution in [0.5, 0.6) is 0 Å². The molecule has 3 fully saturated rings. The van der Waals surface area contributed by atoms with Crippen molar-refractivity contribution in [2.75, 3.05) is 0 Å². The van der Waals surface area contributed by atoms with Gasteiger partial charge in [0.2, 0.25) is 0 Å². The number of carbonyl (C=O) groups is 2. The summed E-state index contributed by atoms with van der Waals surface area (Å²) in [5.41, 5.74) is 0.0560. The summed E-state index contributed by atoms with van der Waals surface area (Å²) in [6, 6.07) is 0. The SMILES string of the molecule is C[C@@H]1O[C@H]2C3=C(C(=O)O[C@@H](C)[C@H]3O)C1[C@H]1[C@H](C)OC=C3[C@H](O)[C@H]4O[C@H]4C(=O)C321. The van der Waals surface area contributed by atoms with Crippen LogP contribution in [0, 0.1) is 17.3 Å². The second kappa shape index (κ2) is 5.05. The molecule has 5 heterocycles. The summed E-state index contributed by atoms with van der Waals surface area (Å²) in [6.45, 7) is 5.34. The van der Waals surface area contributed by atoms with E-state index in [1.54, 1.807) is 6.92 Å². The standard InChI is InChI=1S/C20H22O8/c1-5-9-10-11(13(21)7(3)27-19(10)24)18(26-5)20-8(4-25-6(2)12(9)20)14(22)15-16(28-15)17(20)23/h4-7,9,12-16,18,21-22H,1-3H3/t5-,6-,7-,9?,12+,13+,14-,15+,16+,18-,20?/m0/s1. The zero-order chi connectivity index (χ0) is 19.7. The molecule has 11 atom stereocenters. The first kappa shape index (κ1) is 17.1. The lowest BCUT2D eigenvalue weighted by Gasteiger charge is -2.63. The maximum atomic E-state index is 13.7. The van der Waals surface area contributed by atoms with Gasteiger partial charge >= 0.3 is 5.97 Å². The van der Waals surface area contributed by atoms with Crippen molar-refractivity contribution in [2.45, 2.75) is 69.6 Å². The first-order valence-corrected chi connectivity index (χ1v) is 9.82. The molecule has 2 saturated heterocycles. The van der Waals surface area contributed by atoms with Crippen LogP contribution in [0.15, 0.2) is 23.0 Å². The largest absolute Gasteiger partial charge is 0.498 e. The van der Waals surface area contributed by atoms with Crippen molar-refractivity contribution < 1.29 is 38.7 Å². The highest BCUT2D eigenvalue weighted by Crippen LogP contribution is 2.66. The number of epoxide rings is 1. The summed E-state index contributed by atoms with van der Waals surface area (Å²) >= 11 is 0. The Morgan fingerprint density at radius 2 is 1.75 bits per heavy atom. The van der Waals surface area contributed by atoms with Crippen molar-refractivity contribution in [1.29, 1.82) is 0 Å². The predicted octanol–water partition coefficient (Wildman–Crippen LogP) is -0.378. The third kappa shape index (κ3) is 1.65. The minimum absolute atomic E-state index is 0.151. The van der Waals surface area contributed by atoms with Gasteiger partial charge in [-0.25, -0.2) is 4.79 Å². The molecule has 2 aliphatic carbocycles. The fourth-order valence-corrected chi connectivity index (χ4v) is 6.45. The highest BCUT2D eigenvalue weighted by Gasteiger charge is 2.77. The molecular weight excluding hydrogens is 368 g/mol. The zero-order valence-corrected chi connectivity index (χ0v) is 15.7. The van der Waals surface area contributed by atoms with Gasteiger partial charge in [-0.1, -0.05) is 0 Å². The fourth-order valence-electron chi connectivity index (χ4n) is 6.45. The first-order chi connectivity index (χ1) is 13.3. The zero-order valence-electron chi connectivity index (χ0n) is 15.7. The molecule has 28 heavy (non-hydrogen) atoms. The predicted molar refractivity (Wildman–Crippen MR) is 90.6 cm³/mol. The molecule has 2 unspecified atom stereocenters. The second-order valence-corrected chi connectivity index (χ2v) is 8.81. The first-order valence-electron chi connectivity index (χ1n) is 9.82. The normalized spacial score (nSPS) is 56.0. The van der Waals surface area contributed by atoms with Gasteiger partial charge in [0.25, 0.3) is 0 Å². The Hall–Kier alpha value is -1.74. The molecule has 150 valence electrons. The molecule has 1 spiro atoms. The van der Waals surface area contributed by atoms with E-state index in [9.17, 15) is 19.8 Å². The Balaban J connectivity index is 1.65. The van der Waals surface area contributed by atoms with E-state index in [1.807, 2.05) is 13.8 Å². The number of cyclic esters (lactones) is 1. The van der Waals surface area contributed by atoms with E-state index in [2.05, 4.69) is 0 Å². The monoisotopic (exact) mass is 390 g/mol. The number of aliphatic hydroxyl groups excluding tert-OH is 2. The van der Waals surface area contributed by atoms with Crippen LogP contribution in [0.4, 0.5) is 0 Å². The lowest BCUT2D eigenvalue weighted by atomic mass is 9.46. The van der Waals surface area contributed by atoms with E-state index in [-0.39, 0.29) is 18.0 Å². The number of hydrogen-bond acceptors (Lipinski definition) is 8. The Labute approximate surface area is 161 Å². The van der Waals surface area contributed by atoms with Crippen LogP contribution in [-0.4, -0.2) is 70.8 Å². The number of fused-ring (bicyclic) bond motifs is 2. The summed E-state index contributed by atoms with van der Waals surface area (Å²) in [4.78, 5) is 26.5. The highest BCUT2D eigenvalue weighted by atomic mass is 16.6. The van der Waals surface area contributed by atoms with Crippen molar-refractivity contribution in [2.24, 2.45) is 17.3 Å². The molecule has 0 amide bonds. The number of esters is 1. The molecule has 2 N–H and O–H groups in total. The summed E-state index contributed by atoms with van der Waals surface area (Å²) in [6.07, 6.45) is -4.17. The molecule has 0 aromatic carbocycles. The topological polar surface area (TPSA) is 115 Å². The van der Waals surface area contributed by atoms with Crippen LogP contribution in [0.2, 0.25) is 0 Å². The Morgan fingerprint density at radius 3 is 2.50 bits per heavy atom. The number of Topliss-reactive ketones (excluding diaryl/α,β-unsaturated/α-hetero) is 1. The molecule has 8 heteroatoms. The van der Waals surface area contributed by atoms with E-state index < -0.39 is 59.8 Å². The maximum Gasteiger partial charge on any atom is 0.334 e. The van der Waals surface area contributed by atoms with Gasteiger partial charge in [0.15, 0.2) is 5.78 Å². The average molecular weight is 390 g/mol. The Kier molecular flexibility index (Phi) is 3.09. The van der Waals surface area contributed by atoms with Gasteiger partial charge in [-0.2, -0.15) is 0 Å². The molecular formula is C20H22O8. The summed E-state index contributed by atoms with van der Waals surface area (Å²) < 4.78 is 23.0. The number of ether oxygens (including phenoxy) is 4. The summed E-state index contributed by atoms with van der Waals surface area (Å²) in [5.74, 6) is -1.53. The lowest BCUT2D eigenvalue weighted by molar-refractivity contribution is -0.218. The molecule has 1 saturated carbocycles. The number of hydrogen-bond donors (Lipinski definition) is 2. The van der Waals surface area contributed by atoms with E-state index in [4.69, 9.17) is 18.9 Å². The maximum absolute atomic E-state index is 13.7. The van der Waals surface area contributed by atoms with Crippen LogP contribution in [0.1, 0.15) is 20.8 Å². The van der Waals surface area contributed by atoms with E-state index in [0.717, 1.165) is 0 Å². The van der Waals surface area contributed by atoms with Crippen LogP contribution >= 0.6 is 0 Å². The molecule has 8 nitrogen and oxygen atoms in total. The van der Waals surface area contributed by atoms with Crippen molar-refractivity contribution in [1.82, 2.24) is 0 Å². The smallest absolute Gasteiger partial charge is 0.334 e. The number of carbonyl (C=O) groups excluding carboxylic acids is 2. The van der Waals surface area contributed by atoms with Crippen LogP contribution < -0.4 is 0 Å².